The fourth-order valence-corrected chi connectivity index (χ4v) is 2.96. The van der Waals surface area contributed by atoms with Crippen LogP contribution in [-0.4, -0.2) is 31.8 Å². The van der Waals surface area contributed by atoms with Crippen molar-refractivity contribution in [3.05, 3.63) is 59.7 Å². The molecule has 0 unspecified atom stereocenters. The largest absolute Gasteiger partial charge is 0.490 e. The molecule has 0 heterocycles. The van der Waals surface area contributed by atoms with E-state index in [1.807, 2.05) is 37.3 Å². The zero-order chi connectivity index (χ0) is 22.3. The third-order valence-corrected chi connectivity index (χ3v) is 4.53. The topological polar surface area (TPSA) is 71.1 Å². The molecule has 6 heteroatoms. The van der Waals surface area contributed by atoms with Crippen LogP contribution in [0.1, 0.15) is 61.9 Å². The first-order chi connectivity index (χ1) is 15.1. The maximum atomic E-state index is 12.1. The van der Waals surface area contributed by atoms with Crippen LogP contribution < -0.4 is 9.47 Å². The van der Waals surface area contributed by atoms with Gasteiger partial charge in [0.25, 0.3) is 0 Å². The van der Waals surface area contributed by atoms with E-state index < -0.39 is 0 Å². The first-order valence-corrected chi connectivity index (χ1v) is 10.9. The summed E-state index contributed by atoms with van der Waals surface area (Å²) in [6, 6.07) is 14.9. The summed E-state index contributed by atoms with van der Waals surface area (Å²) < 4.78 is 21.9. The van der Waals surface area contributed by atoms with Gasteiger partial charge in [-0.15, -0.1) is 0 Å². The molecule has 0 bridgehead atoms. The Balaban J connectivity index is 1.88. The van der Waals surface area contributed by atoms with Crippen molar-refractivity contribution in [2.75, 3.05) is 19.8 Å². The number of hydrogen-bond donors (Lipinski definition) is 0. The zero-order valence-corrected chi connectivity index (χ0v) is 18.4. The molecule has 168 valence electrons. The van der Waals surface area contributed by atoms with Gasteiger partial charge in [0.2, 0.25) is 0 Å². The number of esters is 2. The van der Waals surface area contributed by atoms with Gasteiger partial charge in [-0.25, -0.2) is 4.79 Å². The fraction of sp³-hybridized carbons (Fsp3) is 0.440. The van der Waals surface area contributed by atoms with Crippen LogP contribution in [0.5, 0.6) is 11.5 Å². The average molecular weight is 429 g/mol. The summed E-state index contributed by atoms with van der Waals surface area (Å²) in [7, 11) is 0. The predicted octanol–water partition coefficient (Wildman–Crippen LogP) is 5.33. The quantitative estimate of drug-likeness (QED) is 0.299. The number of hydrogen-bond acceptors (Lipinski definition) is 6. The van der Waals surface area contributed by atoms with Crippen molar-refractivity contribution in [2.45, 2.75) is 52.6 Å². The highest BCUT2D eigenvalue weighted by molar-refractivity contribution is 5.90. The Hall–Kier alpha value is -3.02. The minimum Gasteiger partial charge on any atom is -0.490 e. The van der Waals surface area contributed by atoms with Gasteiger partial charge in [0.15, 0.2) is 11.5 Å². The van der Waals surface area contributed by atoms with Crippen LogP contribution >= 0.6 is 0 Å². The maximum absolute atomic E-state index is 12.1. The van der Waals surface area contributed by atoms with E-state index >= 15 is 0 Å². The van der Waals surface area contributed by atoms with Gasteiger partial charge in [-0.3, -0.25) is 4.79 Å². The van der Waals surface area contributed by atoms with Crippen LogP contribution in [0, 0.1) is 0 Å². The van der Waals surface area contributed by atoms with Crippen LogP contribution in [0.25, 0.3) is 0 Å². The predicted molar refractivity (Wildman–Crippen MR) is 118 cm³/mol. The second-order valence-electron chi connectivity index (χ2n) is 6.97. The second-order valence-corrected chi connectivity index (χ2v) is 6.97. The van der Waals surface area contributed by atoms with Crippen LogP contribution in [0.3, 0.4) is 0 Å². The molecule has 0 radical (unpaired) electrons. The molecule has 0 spiro atoms. The molecular weight excluding hydrogens is 396 g/mol. The highest BCUT2D eigenvalue weighted by atomic mass is 16.5. The highest BCUT2D eigenvalue weighted by Crippen LogP contribution is 2.30. The fourth-order valence-electron chi connectivity index (χ4n) is 2.96. The van der Waals surface area contributed by atoms with E-state index in [0.29, 0.717) is 49.9 Å². The Morgan fingerprint density at radius 1 is 0.774 bits per heavy atom. The average Bonchev–Trinajstić information content (AvgIpc) is 2.78. The summed E-state index contributed by atoms with van der Waals surface area (Å²) in [5.74, 6) is 0.572. The summed E-state index contributed by atoms with van der Waals surface area (Å²) in [5, 5.41) is 0. The summed E-state index contributed by atoms with van der Waals surface area (Å²) in [6.07, 6.45) is 3.97. The molecule has 0 aliphatic carbocycles. The number of rotatable bonds is 14. The van der Waals surface area contributed by atoms with Crippen molar-refractivity contribution in [1.29, 1.82) is 0 Å². The van der Waals surface area contributed by atoms with Crippen LogP contribution in [0.4, 0.5) is 0 Å². The molecule has 0 amide bonds. The van der Waals surface area contributed by atoms with Gasteiger partial charge < -0.3 is 18.9 Å². The van der Waals surface area contributed by atoms with E-state index in [9.17, 15) is 9.59 Å². The van der Waals surface area contributed by atoms with Crippen molar-refractivity contribution < 1.29 is 28.5 Å². The van der Waals surface area contributed by atoms with E-state index in [2.05, 4.69) is 0 Å². The SMILES string of the molecule is CCOC(=O)CCCCCCOc1cc(C(=O)OCC)ccc1OCc1ccccc1. The molecule has 6 nitrogen and oxygen atoms in total. The molecule has 0 saturated heterocycles. The summed E-state index contributed by atoms with van der Waals surface area (Å²) in [4.78, 5) is 23.4. The normalized spacial score (nSPS) is 10.4. The van der Waals surface area contributed by atoms with Gasteiger partial charge in [-0.1, -0.05) is 43.2 Å². The summed E-state index contributed by atoms with van der Waals surface area (Å²) in [5.41, 5.74) is 1.47. The zero-order valence-electron chi connectivity index (χ0n) is 18.4. The van der Waals surface area contributed by atoms with E-state index in [1.54, 1.807) is 25.1 Å². The van der Waals surface area contributed by atoms with Gasteiger partial charge in [-0.2, -0.15) is 0 Å². The molecule has 0 atom stereocenters. The van der Waals surface area contributed by atoms with Crippen LogP contribution in [-0.2, 0) is 20.9 Å². The van der Waals surface area contributed by atoms with Gasteiger partial charge in [0.05, 0.1) is 25.4 Å². The van der Waals surface area contributed by atoms with E-state index in [-0.39, 0.29) is 11.9 Å². The standard InChI is InChI=1S/C25H32O6/c1-3-28-24(26)14-10-5-6-11-17-30-23-18-21(25(27)29-4-2)15-16-22(23)31-19-20-12-8-7-9-13-20/h7-9,12-13,15-16,18H,3-6,10-11,14,17,19H2,1-2H3. The lowest BCUT2D eigenvalue weighted by atomic mass is 10.1. The van der Waals surface area contributed by atoms with Gasteiger partial charge in [0, 0.05) is 6.42 Å². The maximum Gasteiger partial charge on any atom is 0.338 e. The molecule has 0 fully saturated rings. The molecular formula is C25H32O6. The molecule has 0 aromatic heterocycles. The minimum atomic E-state index is -0.388. The summed E-state index contributed by atoms with van der Waals surface area (Å²) in [6.45, 7) is 5.22. The monoisotopic (exact) mass is 428 g/mol. The molecule has 0 N–H and O–H groups in total. The molecule has 31 heavy (non-hydrogen) atoms. The first-order valence-electron chi connectivity index (χ1n) is 10.9. The highest BCUT2D eigenvalue weighted by Gasteiger charge is 2.13. The molecule has 2 aromatic carbocycles. The molecule has 0 aliphatic rings. The minimum absolute atomic E-state index is 0.144. The Kier molecular flexibility index (Phi) is 11.0. The smallest absolute Gasteiger partial charge is 0.338 e. The Morgan fingerprint density at radius 2 is 1.52 bits per heavy atom. The number of benzene rings is 2. The number of carbonyl (C=O) groups excluding carboxylic acids is 2. The lowest BCUT2D eigenvalue weighted by Gasteiger charge is -2.14. The molecule has 2 aromatic rings. The second kappa shape index (κ2) is 14.1. The van der Waals surface area contributed by atoms with E-state index in [1.165, 1.54) is 0 Å². The molecule has 0 aliphatic heterocycles. The third-order valence-electron chi connectivity index (χ3n) is 4.53. The number of carbonyl (C=O) groups is 2. The number of unbranched alkanes of at least 4 members (excludes halogenated alkanes) is 3. The lowest BCUT2D eigenvalue weighted by Crippen LogP contribution is -2.07. The molecule has 0 saturated carbocycles. The summed E-state index contributed by atoms with van der Waals surface area (Å²) >= 11 is 0. The lowest BCUT2D eigenvalue weighted by molar-refractivity contribution is -0.143. The van der Waals surface area contributed by atoms with Crippen molar-refractivity contribution in [1.82, 2.24) is 0 Å². The van der Waals surface area contributed by atoms with E-state index in [0.717, 1.165) is 31.2 Å². The Labute approximate surface area is 184 Å². The van der Waals surface area contributed by atoms with Gasteiger partial charge >= 0.3 is 11.9 Å². The van der Waals surface area contributed by atoms with Gasteiger partial charge in [0.1, 0.15) is 6.61 Å². The van der Waals surface area contributed by atoms with Crippen LogP contribution in [0.2, 0.25) is 0 Å². The van der Waals surface area contributed by atoms with Crippen molar-refractivity contribution in [3.8, 4) is 11.5 Å². The Morgan fingerprint density at radius 3 is 2.26 bits per heavy atom. The van der Waals surface area contributed by atoms with Crippen molar-refractivity contribution in [3.63, 3.8) is 0 Å². The van der Waals surface area contributed by atoms with E-state index in [4.69, 9.17) is 18.9 Å². The number of ether oxygens (including phenoxy) is 4. The third kappa shape index (κ3) is 9.11. The molecule has 2 rings (SSSR count). The van der Waals surface area contributed by atoms with Crippen molar-refractivity contribution >= 4 is 11.9 Å². The first kappa shape index (κ1) is 24.3. The van der Waals surface area contributed by atoms with Gasteiger partial charge in [-0.05, 0) is 50.5 Å². The van der Waals surface area contributed by atoms with Crippen LogP contribution in [0.15, 0.2) is 48.5 Å². The van der Waals surface area contributed by atoms with Crippen molar-refractivity contribution in [2.24, 2.45) is 0 Å². The Bertz CT molecular complexity index is 803.